The van der Waals surface area contributed by atoms with Crippen molar-refractivity contribution in [3.05, 3.63) is 24.1 Å². The van der Waals surface area contributed by atoms with Crippen LogP contribution in [0, 0.1) is 6.92 Å². The summed E-state index contributed by atoms with van der Waals surface area (Å²) in [7, 11) is 1.75. The normalized spacial score (nSPS) is 10.8. The molecule has 0 saturated carbocycles. The molecular weight excluding hydrogens is 230 g/mol. The first kappa shape index (κ1) is 12.6. The molecule has 0 unspecified atom stereocenters. The fraction of sp³-hybridized carbons (Fsp3) is 0.385. The lowest BCUT2D eigenvalue weighted by molar-refractivity contribution is -0.117. The van der Waals surface area contributed by atoms with Gasteiger partial charge in [0.1, 0.15) is 5.52 Å². The molecule has 1 aromatic heterocycles. The standard InChI is InChI=1S/C13H17N3O2/c1-4-14-8-13(17)16(3)10-5-6-11-12(7-10)18-9(2)15-11/h5-7,14H,4,8H2,1-3H3. The average Bonchev–Trinajstić information content (AvgIpc) is 2.73. The van der Waals surface area contributed by atoms with Gasteiger partial charge in [-0.3, -0.25) is 4.79 Å². The third-order valence-electron chi connectivity index (χ3n) is 2.77. The van der Waals surface area contributed by atoms with Crippen LogP contribution < -0.4 is 10.2 Å². The lowest BCUT2D eigenvalue weighted by atomic mass is 10.2. The Labute approximate surface area is 106 Å². The van der Waals surface area contributed by atoms with Crippen molar-refractivity contribution >= 4 is 22.7 Å². The quantitative estimate of drug-likeness (QED) is 0.893. The molecule has 1 N–H and O–H groups in total. The lowest BCUT2D eigenvalue weighted by Crippen LogP contribution is -2.35. The van der Waals surface area contributed by atoms with E-state index in [0.29, 0.717) is 18.0 Å². The molecule has 2 aromatic rings. The monoisotopic (exact) mass is 247 g/mol. The zero-order valence-corrected chi connectivity index (χ0v) is 10.9. The third-order valence-corrected chi connectivity index (χ3v) is 2.77. The van der Waals surface area contributed by atoms with Crippen LogP contribution >= 0.6 is 0 Å². The molecule has 1 heterocycles. The third kappa shape index (κ3) is 2.51. The summed E-state index contributed by atoms with van der Waals surface area (Å²) in [5.74, 6) is 0.649. The van der Waals surface area contributed by atoms with Gasteiger partial charge in [-0.1, -0.05) is 6.92 Å². The molecule has 0 spiro atoms. The van der Waals surface area contributed by atoms with Gasteiger partial charge in [-0.25, -0.2) is 4.98 Å². The number of nitrogens with one attached hydrogen (secondary N) is 1. The van der Waals surface area contributed by atoms with Crippen molar-refractivity contribution in [3.8, 4) is 0 Å². The number of benzene rings is 1. The number of amides is 1. The van der Waals surface area contributed by atoms with Crippen LogP contribution in [0.2, 0.25) is 0 Å². The molecule has 0 radical (unpaired) electrons. The number of aromatic nitrogens is 1. The number of fused-ring (bicyclic) bond motifs is 1. The number of oxazole rings is 1. The van der Waals surface area contributed by atoms with E-state index in [1.54, 1.807) is 18.9 Å². The van der Waals surface area contributed by atoms with Gasteiger partial charge in [0.25, 0.3) is 0 Å². The van der Waals surface area contributed by atoms with E-state index in [0.717, 1.165) is 17.7 Å². The zero-order valence-electron chi connectivity index (χ0n) is 10.9. The number of rotatable bonds is 4. The maximum atomic E-state index is 11.9. The van der Waals surface area contributed by atoms with Gasteiger partial charge in [0.15, 0.2) is 11.5 Å². The lowest BCUT2D eigenvalue weighted by Gasteiger charge is -2.17. The number of likely N-dealkylation sites (N-methyl/N-ethyl adjacent to an activating group) is 2. The highest BCUT2D eigenvalue weighted by molar-refractivity contribution is 5.95. The van der Waals surface area contributed by atoms with E-state index >= 15 is 0 Å². The molecule has 18 heavy (non-hydrogen) atoms. The van der Waals surface area contributed by atoms with Gasteiger partial charge in [-0.15, -0.1) is 0 Å². The second-order valence-electron chi connectivity index (χ2n) is 4.12. The van der Waals surface area contributed by atoms with E-state index in [1.807, 2.05) is 25.1 Å². The average molecular weight is 247 g/mol. The number of carbonyl (C=O) groups is 1. The Kier molecular flexibility index (Phi) is 3.62. The molecule has 5 heteroatoms. The fourth-order valence-corrected chi connectivity index (χ4v) is 1.73. The summed E-state index contributed by atoms with van der Waals surface area (Å²) in [6, 6.07) is 5.56. The molecule has 0 atom stereocenters. The molecule has 0 aliphatic carbocycles. The summed E-state index contributed by atoms with van der Waals surface area (Å²) < 4.78 is 5.45. The van der Waals surface area contributed by atoms with Crippen LogP contribution in [0.15, 0.2) is 22.6 Å². The Morgan fingerprint density at radius 3 is 3.00 bits per heavy atom. The number of carbonyl (C=O) groups excluding carboxylic acids is 1. The predicted octanol–water partition coefficient (Wildman–Crippen LogP) is 1.71. The van der Waals surface area contributed by atoms with E-state index in [1.165, 1.54) is 0 Å². The van der Waals surface area contributed by atoms with Crippen LogP contribution in [0.5, 0.6) is 0 Å². The van der Waals surface area contributed by atoms with E-state index in [4.69, 9.17) is 4.42 Å². The minimum absolute atomic E-state index is 0.0208. The van der Waals surface area contributed by atoms with Crippen molar-refractivity contribution in [2.24, 2.45) is 0 Å². The SMILES string of the molecule is CCNCC(=O)N(C)c1ccc2nc(C)oc2c1. The molecule has 1 amide bonds. The van der Waals surface area contributed by atoms with Crippen LogP contribution in [-0.2, 0) is 4.79 Å². The maximum absolute atomic E-state index is 11.9. The number of aryl methyl sites for hydroxylation is 1. The highest BCUT2D eigenvalue weighted by atomic mass is 16.3. The molecule has 0 aliphatic rings. The van der Waals surface area contributed by atoms with E-state index < -0.39 is 0 Å². The van der Waals surface area contributed by atoms with Gasteiger partial charge in [0, 0.05) is 25.7 Å². The van der Waals surface area contributed by atoms with Gasteiger partial charge >= 0.3 is 0 Å². The minimum atomic E-state index is 0.0208. The zero-order chi connectivity index (χ0) is 13.1. The summed E-state index contributed by atoms with van der Waals surface area (Å²) in [6.45, 7) is 4.89. The van der Waals surface area contributed by atoms with Gasteiger partial charge in [-0.05, 0) is 18.7 Å². The van der Waals surface area contributed by atoms with Crippen LogP contribution in [0.25, 0.3) is 11.1 Å². The van der Waals surface area contributed by atoms with Gasteiger partial charge in [0.2, 0.25) is 5.91 Å². The highest BCUT2D eigenvalue weighted by Gasteiger charge is 2.12. The largest absolute Gasteiger partial charge is 0.441 e. The van der Waals surface area contributed by atoms with Gasteiger partial charge < -0.3 is 14.6 Å². The summed E-state index contributed by atoms with van der Waals surface area (Å²) >= 11 is 0. The second-order valence-corrected chi connectivity index (χ2v) is 4.12. The van der Waals surface area contributed by atoms with Crippen molar-refractivity contribution in [3.63, 3.8) is 0 Å². The van der Waals surface area contributed by atoms with Crippen molar-refractivity contribution in [2.75, 3.05) is 25.0 Å². The van der Waals surface area contributed by atoms with Crippen LogP contribution in [0.3, 0.4) is 0 Å². The molecule has 0 saturated heterocycles. The smallest absolute Gasteiger partial charge is 0.240 e. The fourth-order valence-electron chi connectivity index (χ4n) is 1.73. The van der Waals surface area contributed by atoms with Crippen LogP contribution in [0.1, 0.15) is 12.8 Å². The number of hydrogen-bond donors (Lipinski definition) is 1. The first-order valence-electron chi connectivity index (χ1n) is 5.96. The molecule has 5 nitrogen and oxygen atoms in total. The van der Waals surface area contributed by atoms with Gasteiger partial charge in [-0.2, -0.15) is 0 Å². The minimum Gasteiger partial charge on any atom is -0.441 e. The Balaban J connectivity index is 2.21. The van der Waals surface area contributed by atoms with Crippen molar-refractivity contribution < 1.29 is 9.21 Å². The van der Waals surface area contributed by atoms with Crippen molar-refractivity contribution in [1.82, 2.24) is 10.3 Å². The Bertz CT molecular complexity index is 562. The summed E-state index contributed by atoms with van der Waals surface area (Å²) in [4.78, 5) is 17.7. The number of hydrogen-bond acceptors (Lipinski definition) is 4. The van der Waals surface area contributed by atoms with E-state index in [9.17, 15) is 4.79 Å². The molecule has 96 valence electrons. The summed E-state index contributed by atoms with van der Waals surface area (Å²) in [6.07, 6.45) is 0. The van der Waals surface area contributed by atoms with Crippen molar-refractivity contribution in [2.45, 2.75) is 13.8 Å². The molecule has 2 rings (SSSR count). The van der Waals surface area contributed by atoms with Gasteiger partial charge in [0.05, 0.1) is 6.54 Å². The second kappa shape index (κ2) is 5.18. The molecule has 1 aromatic carbocycles. The molecule has 0 fully saturated rings. The number of anilines is 1. The predicted molar refractivity (Wildman–Crippen MR) is 70.7 cm³/mol. The van der Waals surface area contributed by atoms with Crippen molar-refractivity contribution in [1.29, 1.82) is 0 Å². The van der Waals surface area contributed by atoms with Crippen LogP contribution in [0.4, 0.5) is 5.69 Å². The Morgan fingerprint density at radius 2 is 2.28 bits per heavy atom. The molecular formula is C13H17N3O2. The van der Waals surface area contributed by atoms with Crippen LogP contribution in [-0.4, -0.2) is 31.0 Å². The topological polar surface area (TPSA) is 58.4 Å². The van der Waals surface area contributed by atoms with E-state index in [2.05, 4.69) is 10.3 Å². The maximum Gasteiger partial charge on any atom is 0.240 e. The first-order valence-corrected chi connectivity index (χ1v) is 5.96. The Hall–Kier alpha value is -1.88. The highest BCUT2D eigenvalue weighted by Crippen LogP contribution is 2.22. The summed E-state index contributed by atoms with van der Waals surface area (Å²) in [5.41, 5.74) is 2.32. The summed E-state index contributed by atoms with van der Waals surface area (Å²) in [5, 5.41) is 3.01. The Morgan fingerprint density at radius 1 is 1.50 bits per heavy atom. The van der Waals surface area contributed by atoms with E-state index in [-0.39, 0.29) is 5.91 Å². The first-order chi connectivity index (χ1) is 8.61. The molecule has 0 aliphatic heterocycles. The number of nitrogens with zero attached hydrogens (tertiary/aromatic N) is 2. The molecule has 0 bridgehead atoms.